The Balaban J connectivity index is 1.88. The molecule has 0 radical (unpaired) electrons. The highest BCUT2D eigenvalue weighted by Crippen LogP contribution is 2.27. The van der Waals surface area contributed by atoms with Crippen LogP contribution in [-0.4, -0.2) is 12.6 Å². The van der Waals surface area contributed by atoms with Crippen LogP contribution < -0.4 is 10.4 Å². The molecule has 0 amide bonds. The number of benzene rings is 1. The van der Waals surface area contributed by atoms with Gasteiger partial charge < -0.3 is 13.9 Å². The van der Waals surface area contributed by atoms with E-state index in [9.17, 15) is 9.59 Å². The number of carbonyl (C=O) groups is 1. The monoisotopic (exact) mass is 300 g/mol. The Hall–Kier alpha value is -2.56. The molecule has 22 heavy (non-hydrogen) atoms. The average Bonchev–Trinajstić information content (AvgIpc) is 2.86. The van der Waals surface area contributed by atoms with Crippen molar-refractivity contribution < 1.29 is 18.7 Å². The van der Waals surface area contributed by atoms with Gasteiger partial charge in [0, 0.05) is 6.42 Å². The largest absolute Gasteiger partial charge is 0.488 e. The van der Waals surface area contributed by atoms with Gasteiger partial charge in [-0.25, -0.2) is 4.79 Å². The molecule has 0 aliphatic carbocycles. The van der Waals surface area contributed by atoms with Gasteiger partial charge in [-0.05, 0) is 43.2 Å². The minimum Gasteiger partial charge on any atom is -0.488 e. The van der Waals surface area contributed by atoms with Crippen molar-refractivity contribution in [2.75, 3.05) is 6.61 Å². The van der Waals surface area contributed by atoms with Gasteiger partial charge in [0.1, 0.15) is 23.7 Å². The molecule has 0 spiro atoms. The van der Waals surface area contributed by atoms with Crippen LogP contribution in [0.1, 0.15) is 24.0 Å². The Bertz CT molecular complexity index is 829. The molecule has 1 aromatic carbocycles. The lowest BCUT2D eigenvalue weighted by atomic mass is 10.1. The van der Waals surface area contributed by atoms with Gasteiger partial charge in [0.15, 0.2) is 0 Å². The first kappa shape index (κ1) is 14.4. The van der Waals surface area contributed by atoms with E-state index in [2.05, 4.69) is 0 Å². The fourth-order valence-corrected chi connectivity index (χ4v) is 2.35. The van der Waals surface area contributed by atoms with Crippen LogP contribution in [0.4, 0.5) is 0 Å². The SMILES string of the molecule is Cc1cc2oc(=O)cc(OC/C=C3/CCC(=O)O3)c2cc1C. The van der Waals surface area contributed by atoms with Gasteiger partial charge in [0.25, 0.3) is 0 Å². The second-order valence-electron chi connectivity index (χ2n) is 5.32. The second-order valence-corrected chi connectivity index (χ2v) is 5.32. The summed E-state index contributed by atoms with van der Waals surface area (Å²) < 4.78 is 15.9. The van der Waals surface area contributed by atoms with Crippen LogP contribution in [0.15, 0.2) is 39.2 Å². The predicted molar refractivity (Wildman–Crippen MR) is 80.9 cm³/mol. The van der Waals surface area contributed by atoms with Gasteiger partial charge in [0.2, 0.25) is 0 Å². The Morgan fingerprint density at radius 2 is 1.91 bits per heavy atom. The van der Waals surface area contributed by atoms with E-state index >= 15 is 0 Å². The molecule has 114 valence electrons. The fourth-order valence-electron chi connectivity index (χ4n) is 2.35. The summed E-state index contributed by atoms with van der Waals surface area (Å²) in [5.74, 6) is 0.864. The van der Waals surface area contributed by atoms with Gasteiger partial charge in [-0.3, -0.25) is 4.79 Å². The quantitative estimate of drug-likeness (QED) is 0.644. The highest BCUT2D eigenvalue weighted by atomic mass is 16.5. The smallest absolute Gasteiger partial charge is 0.339 e. The van der Waals surface area contributed by atoms with Gasteiger partial charge in [-0.15, -0.1) is 0 Å². The summed E-state index contributed by atoms with van der Waals surface area (Å²) >= 11 is 0. The lowest BCUT2D eigenvalue weighted by Gasteiger charge is -2.09. The van der Waals surface area contributed by atoms with Crippen molar-refractivity contribution in [3.8, 4) is 5.75 Å². The number of esters is 1. The predicted octanol–water partition coefficient (Wildman–Crippen LogP) is 3.01. The molecule has 3 rings (SSSR count). The van der Waals surface area contributed by atoms with Gasteiger partial charge in [-0.2, -0.15) is 0 Å². The second kappa shape index (κ2) is 5.67. The summed E-state index contributed by atoms with van der Waals surface area (Å²) in [5.41, 5.74) is 2.19. The zero-order valence-electron chi connectivity index (χ0n) is 12.5. The summed E-state index contributed by atoms with van der Waals surface area (Å²) in [5, 5.41) is 0.754. The molecule has 1 saturated heterocycles. The molecule has 5 nitrogen and oxygen atoms in total. The van der Waals surface area contributed by atoms with Gasteiger partial charge >= 0.3 is 11.6 Å². The molecule has 2 aromatic rings. The molecule has 1 aromatic heterocycles. The molecule has 1 aliphatic heterocycles. The van der Waals surface area contributed by atoms with Crippen LogP contribution in [-0.2, 0) is 9.53 Å². The van der Waals surface area contributed by atoms with E-state index in [1.807, 2.05) is 26.0 Å². The number of rotatable bonds is 3. The molecular formula is C17H16O5. The van der Waals surface area contributed by atoms with Crippen LogP contribution >= 0.6 is 0 Å². The lowest BCUT2D eigenvalue weighted by molar-refractivity contribution is -0.135. The van der Waals surface area contributed by atoms with Crippen molar-refractivity contribution in [1.82, 2.24) is 0 Å². The molecule has 1 aliphatic rings. The van der Waals surface area contributed by atoms with Crippen LogP contribution in [0.2, 0.25) is 0 Å². The van der Waals surface area contributed by atoms with E-state index in [0.717, 1.165) is 16.5 Å². The third kappa shape index (κ3) is 2.88. The fraction of sp³-hybridized carbons (Fsp3) is 0.294. The molecule has 5 heteroatoms. The van der Waals surface area contributed by atoms with Crippen LogP contribution in [0, 0.1) is 13.8 Å². The molecule has 0 atom stereocenters. The maximum absolute atomic E-state index is 11.6. The number of fused-ring (bicyclic) bond motifs is 1. The number of ether oxygens (including phenoxy) is 2. The Kier molecular flexibility index (Phi) is 3.71. The maximum Gasteiger partial charge on any atom is 0.339 e. The zero-order chi connectivity index (χ0) is 15.7. The number of cyclic esters (lactones) is 1. The number of aryl methyl sites for hydroxylation is 2. The Labute approximate surface area is 127 Å². The van der Waals surface area contributed by atoms with E-state index in [1.165, 1.54) is 6.07 Å². The first-order chi connectivity index (χ1) is 10.5. The topological polar surface area (TPSA) is 65.7 Å². The van der Waals surface area contributed by atoms with Crippen molar-refractivity contribution >= 4 is 16.9 Å². The minimum absolute atomic E-state index is 0.219. The molecule has 0 bridgehead atoms. The Morgan fingerprint density at radius 1 is 1.14 bits per heavy atom. The van der Waals surface area contributed by atoms with Crippen molar-refractivity contribution in [1.29, 1.82) is 0 Å². The first-order valence-corrected chi connectivity index (χ1v) is 7.10. The zero-order valence-corrected chi connectivity index (χ0v) is 12.5. The van der Waals surface area contributed by atoms with E-state index in [4.69, 9.17) is 13.9 Å². The van der Waals surface area contributed by atoms with E-state index in [1.54, 1.807) is 6.08 Å². The van der Waals surface area contributed by atoms with Gasteiger partial charge in [0.05, 0.1) is 17.9 Å². The highest BCUT2D eigenvalue weighted by Gasteiger charge is 2.16. The summed E-state index contributed by atoms with van der Waals surface area (Å²) in [6.07, 6.45) is 2.72. The number of hydrogen-bond donors (Lipinski definition) is 0. The van der Waals surface area contributed by atoms with Crippen LogP contribution in [0.3, 0.4) is 0 Å². The van der Waals surface area contributed by atoms with E-state index < -0.39 is 5.63 Å². The van der Waals surface area contributed by atoms with Gasteiger partial charge in [-0.1, -0.05) is 0 Å². The third-order valence-electron chi connectivity index (χ3n) is 3.69. The molecule has 0 N–H and O–H groups in total. The normalized spacial score (nSPS) is 16.3. The standard InChI is InChI=1S/C17H16O5/c1-10-7-13-14(9-17(19)22-15(13)8-11(10)2)20-6-5-12-3-4-16(18)21-12/h5,7-9H,3-4,6H2,1-2H3/b12-5-. The maximum atomic E-state index is 11.6. The summed E-state index contributed by atoms with van der Waals surface area (Å²) in [6, 6.07) is 5.10. The average molecular weight is 300 g/mol. The minimum atomic E-state index is -0.453. The first-order valence-electron chi connectivity index (χ1n) is 7.10. The summed E-state index contributed by atoms with van der Waals surface area (Å²) in [7, 11) is 0. The van der Waals surface area contributed by atoms with Crippen molar-refractivity contribution in [3.05, 3.63) is 51.6 Å². The number of carbonyl (C=O) groups excluding carboxylic acids is 1. The van der Waals surface area contributed by atoms with Crippen LogP contribution in [0.25, 0.3) is 11.0 Å². The van der Waals surface area contributed by atoms with Crippen LogP contribution in [0.5, 0.6) is 5.75 Å². The molecular weight excluding hydrogens is 284 g/mol. The van der Waals surface area contributed by atoms with E-state index in [0.29, 0.717) is 29.9 Å². The third-order valence-corrected chi connectivity index (χ3v) is 3.69. The summed E-state index contributed by atoms with van der Waals surface area (Å²) in [6.45, 7) is 4.18. The number of allylic oxidation sites excluding steroid dienone is 1. The number of hydrogen-bond acceptors (Lipinski definition) is 5. The lowest BCUT2D eigenvalue weighted by Crippen LogP contribution is -2.03. The molecule has 1 fully saturated rings. The molecule has 0 saturated carbocycles. The molecule has 2 heterocycles. The van der Waals surface area contributed by atoms with Crippen molar-refractivity contribution in [3.63, 3.8) is 0 Å². The van der Waals surface area contributed by atoms with E-state index in [-0.39, 0.29) is 12.6 Å². The molecule has 0 unspecified atom stereocenters. The highest BCUT2D eigenvalue weighted by molar-refractivity contribution is 5.84. The summed E-state index contributed by atoms with van der Waals surface area (Å²) in [4.78, 5) is 22.6. The van der Waals surface area contributed by atoms with Crippen molar-refractivity contribution in [2.24, 2.45) is 0 Å². The Morgan fingerprint density at radius 3 is 2.64 bits per heavy atom. The van der Waals surface area contributed by atoms with Crippen molar-refractivity contribution in [2.45, 2.75) is 26.7 Å².